The summed E-state index contributed by atoms with van der Waals surface area (Å²) in [6.45, 7) is 1.48. The second-order valence-electron chi connectivity index (χ2n) is 4.18. The number of amides is 1. The first-order valence-electron chi connectivity index (χ1n) is 5.85. The van der Waals surface area contributed by atoms with Crippen molar-refractivity contribution in [2.45, 2.75) is 25.3 Å². The number of pyridine rings is 1. The highest BCUT2D eigenvalue weighted by molar-refractivity contribution is 5.98. The van der Waals surface area contributed by atoms with Gasteiger partial charge in [-0.05, 0) is 25.3 Å². The van der Waals surface area contributed by atoms with E-state index in [1.807, 2.05) is 0 Å². The lowest BCUT2D eigenvalue weighted by Crippen LogP contribution is -2.35. The quantitative estimate of drug-likeness (QED) is 0.800. The van der Waals surface area contributed by atoms with E-state index in [2.05, 4.69) is 10.3 Å². The summed E-state index contributed by atoms with van der Waals surface area (Å²) in [5.41, 5.74) is 6.63. The average Bonchev–Trinajstić information content (AvgIpc) is 2.58. The maximum absolute atomic E-state index is 12.0. The Morgan fingerprint density at radius 3 is 3.18 bits per heavy atom. The van der Waals surface area contributed by atoms with Crippen molar-refractivity contribution in [2.24, 2.45) is 0 Å². The monoisotopic (exact) mass is 235 g/mol. The molecule has 1 aliphatic rings. The molecule has 0 bridgehead atoms. The number of carbonyl (C=O) groups excluding carboxylic acids is 1. The molecule has 3 N–H and O–H groups in total. The van der Waals surface area contributed by atoms with Gasteiger partial charge < -0.3 is 15.8 Å². The number of nitrogens with two attached hydrogens (primary N) is 1. The molecule has 0 radical (unpaired) electrons. The summed E-state index contributed by atoms with van der Waals surface area (Å²) in [7, 11) is 0. The van der Waals surface area contributed by atoms with Gasteiger partial charge in [-0.15, -0.1) is 0 Å². The normalized spacial score (nSPS) is 20.6. The van der Waals surface area contributed by atoms with Crippen LogP contribution in [-0.4, -0.2) is 30.1 Å². The zero-order valence-electron chi connectivity index (χ0n) is 9.69. The van der Waals surface area contributed by atoms with Crippen LogP contribution >= 0.6 is 0 Å². The van der Waals surface area contributed by atoms with Gasteiger partial charge in [0.15, 0.2) is 0 Å². The minimum atomic E-state index is -0.150. The predicted molar refractivity (Wildman–Crippen MR) is 64.6 cm³/mol. The van der Waals surface area contributed by atoms with Crippen LogP contribution in [0.4, 0.5) is 5.69 Å². The van der Waals surface area contributed by atoms with Crippen molar-refractivity contribution in [3.63, 3.8) is 0 Å². The van der Waals surface area contributed by atoms with Crippen LogP contribution in [0.25, 0.3) is 0 Å². The molecule has 1 amide bonds. The Morgan fingerprint density at radius 1 is 1.47 bits per heavy atom. The van der Waals surface area contributed by atoms with E-state index in [-0.39, 0.29) is 11.9 Å². The van der Waals surface area contributed by atoms with E-state index < -0.39 is 0 Å². The molecule has 1 aromatic heterocycles. The molecule has 0 aromatic carbocycles. The maximum Gasteiger partial charge on any atom is 0.255 e. The van der Waals surface area contributed by atoms with Gasteiger partial charge in [0.05, 0.1) is 5.56 Å². The zero-order chi connectivity index (χ0) is 12.1. The first-order chi connectivity index (χ1) is 8.27. The Balaban J connectivity index is 1.98. The van der Waals surface area contributed by atoms with E-state index in [1.54, 1.807) is 12.3 Å². The standard InChI is InChI=1S/C12H17N3O2/c13-11-3-5-14-8-10(11)12(16)15-9-2-1-6-17-7-4-9/h3,5,8-9H,1-2,4,6-7H2,(H2,13,14)(H,15,16). The Labute approximate surface area is 100 Å². The summed E-state index contributed by atoms with van der Waals surface area (Å²) in [5.74, 6) is -0.150. The van der Waals surface area contributed by atoms with Crippen LogP contribution in [0.2, 0.25) is 0 Å². The van der Waals surface area contributed by atoms with Gasteiger partial charge >= 0.3 is 0 Å². The molecule has 2 rings (SSSR count). The first-order valence-corrected chi connectivity index (χ1v) is 5.85. The highest BCUT2D eigenvalue weighted by atomic mass is 16.5. The van der Waals surface area contributed by atoms with Gasteiger partial charge in [-0.25, -0.2) is 0 Å². The Hall–Kier alpha value is -1.62. The van der Waals surface area contributed by atoms with Crippen molar-refractivity contribution in [2.75, 3.05) is 18.9 Å². The SMILES string of the molecule is Nc1ccncc1C(=O)NC1CCCOCC1. The van der Waals surface area contributed by atoms with E-state index in [9.17, 15) is 4.79 Å². The molecule has 2 heterocycles. The van der Waals surface area contributed by atoms with Crippen molar-refractivity contribution in [3.8, 4) is 0 Å². The van der Waals surface area contributed by atoms with Crippen LogP contribution in [0.5, 0.6) is 0 Å². The fraction of sp³-hybridized carbons (Fsp3) is 0.500. The third-order valence-electron chi connectivity index (χ3n) is 2.89. The van der Waals surface area contributed by atoms with Gasteiger partial charge in [0.25, 0.3) is 5.91 Å². The van der Waals surface area contributed by atoms with Crippen LogP contribution < -0.4 is 11.1 Å². The van der Waals surface area contributed by atoms with E-state index in [0.29, 0.717) is 17.9 Å². The van der Waals surface area contributed by atoms with E-state index >= 15 is 0 Å². The number of nitrogens with zero attached hydrogens (tertiary/aromatic N) is 1. The Morgan fingerprint density at radius 2 is 2.35 bits per heavy atom. The first kappa shape index (κ1) is 11.9. The van der Waals surface area contributed by atoms with Gasteiger partial charge in [0, 0.05) is 37.3 Å². The van der Waals surface area contributed by atoms with Crippen molar-refractivity contribution < 1.29 is 9.53 Å². The molecule has 0 spiro atoms. The average molecular weight is 235 g/mol. The van der Waals surface area contributed by atoms with Crippen LogP contribution in [0, 0.1) is 0 Å². The van der Waals surface area contributed by atoms with Crippen molar-refractivity contribution in [1.82, 2.24) is 10.3 Å². The molecule has 1 atom stereocenters. The molecule has 17 heavy (non-hydrogen) atoms. The highest BCUT2D eigenvalue weighted by Gasteiger charge is 2.17. The van der Waals surface area contributed by atoms with Crippen molar-refractivity contribution >= 4 is 11.6 Å². The molecule has 0 saturated carbocycles. The minimum Gasteiger partial charge on any atom is -0.398 e. The summed E-state index contributed by atoms with van der Waals surface area (Å²) in [5, 5.41) is 2.98. The van der Waals surface area contributed by atoms with Crippen LogP contribution in [0.1, 0.15) is 29.6 Å². The summed E-state index contributed by atoms with van der Waals surface area (Å²) < 4.78 is 5.35. The van der Waals surface area contributed by atoms with Crippen molar-refractivity contribution in [3.05, 3.63) is 24.0 Å². The van der Waals surface area contributed by atoms with Crippen LogP contribution in [0.15, 0.2) is 18.5 Å². The second-order valence-corrected chi connectivity index (χ2v) is 4.18. The number of aromatic nitrogens is 1. The number of anilines is 1. The predicted octanol–water partition coefficient (Wildman–Crippen LogP) is 0.963. The summed E-state index contributed by atoms with van der Waals surface area (Å²) in [4.78, 5) is 15.9. The fourth-order valence-electron chi connectivity index (χ4n) is 1.91. The van der Waals surface area contributed by atoms with Gasteiger partial charge in [0.2, 0.25) is 0 Å². The van der Waals surface area contributed by atoms with Crippen LogP contribution in [-0.2, 0) is 4.74 Å². The topological polar surface area (TPSA) is 77.2 Å². The molecule has 92 valence electrons. The molecule has 1 aliphatic heterocycles. The molecule has 1 fully saturated rings. The van der Waals surface area contributed by atoms with E-state index in [1.165, 1.54) is 6.20 Å². The largest absolute Gasteiger partial charge is 0.398 e. The van der Waals surface area contributed by atoms with E-state index in [4.69, 9.17) is 10.5 Å². The van der Waals surface area contributed by atoms with Crippen LogP contribution in [0.3, 0.4) is 0 Å². The maximum atomic E-state index is 12.0. The molecule has 1 aromatic rings. The Kier molecular flexibility index (Phi) is 3.93. The number of nitrogens with one attached hydrogen (secondary N) is 1. The number of hydrogen-bond donors (Lipinski definition) is 2. The molecule has 5 heteroatoms. The number of rotatable bonds is 2. The molecule has 1 saturated heterocycles. The lowest BCUT2D eigenvalue weighted by molar-refractivity contribution is 0.0930. The van der Waals surface area contributed by atoms with E-state index in [0.717, 1.165) is 25.9 Å². The fourth-order valence-corrected chi connectivity index (χ4v) is 1.91. The molecule has 1 unspecified atom stereocenters. The third kappa shape index (κ3) is 3.17. The molecular formula is C12H17N3O2. The molecule has 0 aliphatic carbocycles. The van der Waals surface area contributed by atoms with Gasteiger partial charge in [-0.1, -0.05) is 0 Å². The number of nitrogen functional groups attached to an aromatic ring is 1. The summed E-state index contributed by atoms with van der Waals surface area (Å²) >= 11 is 0. The third-order valence-corrected chi connectivity index (χ3v) is 2.89. The molecular weight excluding hydrogens is 218 g/mol. The molecule has 5 nitrogen and oxygen atoms in total. The number of hydrogen-bond acceptors (Lipinski definition) is 4. The zero-order valence-corrected chi connectivity index (χ0v) is 9.69. The number of carbonyl (C=O) groups is 1. The number of ether oxygens (including phenoxy) is 1. The Bertz CT molecular complexity index is 387. The summed E-state index contributed by atoms with van der Waals surface area (Å²) in [6, 6.07) is 1.80. The lowest BCUT2D eigenvalue weighted by atomic mass is 10.1. The lowest BCUT2D eigenvalue weighted by Gasteiger charge is -2.16. The minimum absolute atomic E-state index is 0.150. The van der Waals surface area contributed by atoms with Gasteiger partial charge in [-0.2, -0.15) is 0 Å². The van der Waals surface area contributed by atoms with Crippen molar-refractivity contribution in [1.29, 1.82) is 0 Å². The smallest absolute Gasteiger partial charge is 0.255 e. The summed E-state index contributed by atoms with van der Waals surface area (Å²) in [6.07, 6.45) is 5.86. The van der Waals surface area contributed by atoms with Gasteiger partial charge in [0.1, 0.15) is 0 Å². The van der Waals surface area contributed by atoms with Gasteiger partial charge in [-0.3, -0.25) is 9.78 Å². The second kappa shape index (κ2) is 5.63. The highest BCUT2D eigenvalue weighted by Crippen LogP contribution is 2.12.